The van der Waals surface area contributed by atoms with Gasteiger partial charge in [0.15, 0.2) is 0 Å². The van der Waals surface area contributed by atoms with E-state index < -0.39 is 17.6 Å². The number of rotatable bonds is 2. The Labute approximate surface area is 78.6 Å². The van der Waals surface area contributed by atoms with Crippen molar-refractivity contribution in [3.05, 3.63) is 0 Å². The number of carbonyl (C=O) groups excluding carboxylic acids is 2. The first-order valence-corrected chi connectivity index (χ1v) is 4.22. The predicted octanol–water partition coefficient (Wildman–Crippen LogP) is 0.853. The summed E-state index contributed by atoms with van der Waals surface area (Å²) in [4.78, 5) is 21.9. The Morgan fingerprint density at radius 2 is 1.77 bits per heavy atom. The lowest BCUT2D eigenvalue weighted by molar-refractivity contribution is -0.158. The molecular weight excluding hydrogens is 170 g/mol. The van der Waals surface area contributed by atoms with Crippen molar-refractivity contribution in [3.8, 4) is 0 Å². The highest BCUT2D eigenvalue weighted by Gasteiger charge is 2.21. The van der Waals surface area contributed by atoms with E-state index in [1.165, 1.54) is 6.92 Å². The van der Waals surface area contributed by atoms with Crippen LogP contribution in [-0.4, -0.2) is 23.5 Å². The highest BCUT2D eigenvalue weighted by molar-refractivity contribution is 5.82. The lowest BCUT2D eigenvalue weighted by Gasteiger charge is -2.22. The van der Waals surface area contributed by atoms with Gasteiger partial charge in [-0.05, 0) is 27.7 Å². The monoisotopic (exact) mass is 187 g/mol. The van der Waals surface area contributed by atoms with E-state index in [0.29, 0.717) is 0 Å². The van der Waals surface area contributed by atoms with E-state index in [9.17, 15) is 9.59 Å². The molecule has 0 saturated heterocycles. The first-order chi connectivity index (χ1) is 5.72. The summed E-state index contributed by atoms with van der Waals surface area (Å²) in [6.07, 6.45) is 0. The fraction of sp³-hybridized carbons (Fsp3) is 0.778. The SMILES string of the molecule is CC(=O)NC(C)C(=O)OC(C)(C)C. The number of hydrogen-bond acceptors (Lipinski definition) is 3. The summed E-state index contributed by atoms with van der Waals surface area (Å²) < 4.78 is 5.05. The van der Waals surface area contributed by atoms with Gasteiger partial charge in [0.25, 0.3) is 0 Å². The molecule has 0 aliphatic rings. The molecule has 4 nitrogen and oxygen atoms in total. The number of amides is 1. The number of esters is 1. The topological polar surface area (TPSA) is 55.4 Å². The molecule has 13 heavy (non-hydrogen) atoms. The maximum Gasteiger partial charge on any atom is 0.328 e. The van der Waals surface area contributed by atoms with Crippen molar-refractivity contribution in [1.29, 1.82) is 0 Å². The van der Waals surface area contributed by atoms with Gasteiger partial charge in [0.2, 0.25) is 5.91 Å². The van der Waals surface area contributed by atoms with Gasteiger partial charge in [-0.2, -0.15) is 0 Å². The molecule has 0 radical (unpaired) electrons. The van der Waals surface area contributed by atoms with Crippen molar-refractivity contribution in [2.45, 2.75) is 46.3 Å². The van der Waals surface area contributed by atoms with E-state index in [1.54, 1.807) is 27.7 Å². The molecule has 0 spiro atoms. The number of ether oxygens (including phenoxy) is 1. The van der Waals surface area contributed by atoms with Gasteiger partial charge < -0.3 is 10.1 Å². The summed E-state index contributed by atoms with van der Waals surface area (Å²) >= 11 is 0. The van der Waals surface area contributed by atoms with Crippen LogP contribution in [-0.2, 0) is 14.3 Å². The third-order valence-corrected chi connectivity index (χ3v) is 1.18. The van der Waals surface area contributed by atoms with Crippen LogP contribution in [0.25, 0.3) is 0 Å². The first-order valence-electron chi connectivity index (χ1n) is 4.22. The second kappa shape index (κ2) is 4.25. The minimum Gasteiger partial charge on any atom is -0.458 e. The van der Waals surface area contributed by atoms with E-state index in [4.69, 9.17) is 4.74 Å². The zero-order valence-electron chi connectivity index (χ0n) is 8.80. The normalized spacial score (nSPS) is 13.3. The molecule has 4 heteroatoms. The van der Waals surface area contributed by atoms with Crippen LogP contribution in [0.5, 0.6) is 0 Å². The number of carbonyl (C=O) groups is 2. The van der Waals surface area contributed by atoms with E-state index in [1.807, 2.05) is 0 Å². The van der Waals surface area contributed by atoms with E-state index in [2.05, 4.69) is 5.32 Å². The molecule has 0 heterocycles. The van der Waals surface area contributed by atoms with Crippen molar-refractivity contribution in [1.82, 2.24) is 5.32 Å². The fourth-order valence-electron chi connectivity index (χ4n) is 0.754. The molecule has 1 unspecified atom stereocenters. The Morgan fingerprint density at radius 3 is 2.08 bits per heavy atom. The van der Waals surface area contributed by atoms with Crippen LogP contribution in [0.1, 0.15) is 34.6 Å². The molecule has 0 aromatic carbocycles. The Balaban J connectivity index is 4.05. The van der Waals surface area contributed by atoms with Gasteiger partial charge >= 0.3 is 5.97 Å². The molecule has 0 fully saturated rings. The van der Waals surface area contributed by atoms with Crippen molar-refractivity contribution in [2.24, 2.45) is 0 Å². The van der Waals surface area contributed by atoms with Gasteiger partial charge in [0.05, 0.1) is 0 Å². The smallest absolute Gasteiger partial charge is 0.328 e. The molecule has 1 N–H and O–H groups in total. The average Bonchev–Trinajstić information content (AvgIpc) is 1.81. The standard InChI is InChI=1S/C9H17NO3/c1-6(10-7(2)11)8(12)13-9(3,4)5/h6H,1-5H3,(H,10,11). The van der Waals surface area contributed by atoms with E-state index in [-0.39, 0.29) is 5.91 Å². The Morgan fingerprint density at radius 1 is 1.31 bits per heavy atom. The van der Waals surface area contributed by atoms with Crippen molar-refractivity contribution >= 4 is 11.9 Å². The molecule has 1 atom stereocenters. The summed E-state index contributed by atoms with van der Waals surface area (Å²) in [5, 5.41) is 2.45. The molecule has 1 amide bonds. The molecule has 0 saturated carbocycles. The largest absolute Gasteiger partial charge is 0.458 e. The third kappa shape index (κ3) is 6.13. The quantitative estimate of drug-likeness (QED) is 0.652. The molecule has 0 aliphatic carbocycles. The van der Waals surface area contributed by atoms with Crippen LogP contribution in [0.4, 0.5) is 0 Å². The van der Waals surface area contributed by atoms with Crippen LogP contribution in [0.2, 0.25) is 0 Å². The zero-order valence-corrected chi connectivity index (χ0v) is 8.80. The molecule has 0 aliphatic heterocycles. The lowest BCUT2D eigenvalue weighted by Crippen LogP contribution is -2.41. The van der Waals surface area contributed by atoms with E-state index in [0.717, 1.165) is 0 Å². The van der Waals surface area contributed by atoms with Crippen LogP contribution >= 0.6 is 0 Å². The van der Waals surface area contributed by atoms with Crippen LogP contribution in [0, 0.1) is 0 Å². The summed E-state index contributed by atoms with van der Waals surface area (Å²) in [5.74, 6) is -0.652. The van der Waals surface area contributed by atoms with Gasteiger partial charge in [-0.1, -0.05) is 0 Å². The van der Waals surface area contributed by atoms with Crippen molar-refractivity contribution < 1.29 is 14.3 Å². The van der Waals surface area contributed by atoms with Gasteiger partial charge in [-0.3, -0.25) is 4.79 Å². The molecule has 76 valence electrons. The fourth-order valence-corrected chi connectivity index (χ4v) is 0.754. The highest BCUT2D eigenvalue weighted by Crippen LogP contribution is 2.07. The van der Waals surface area contributed by atoms with Crippen molar-refractivity contribution in [3.63, 3.8) is 0 Å². The molecule has 0 aromatic heterocycles. The van der Waals surface area contributed by atoms with Crippen LogP contribution < -0.4 is 5.32 Å². The van der Waals surface area contributed by atoms with Gasteiger partial charge in [0, 0.05) is 6.92 Å². The number of hydrogen-bond donors (Lipinski definition) is 1. The summed E-state index contributed by atoms with van der Waals surface area (Å²) in [6, 6.07) is -0.586. The van der Waals surface area contributed by atoms with Crippen molar-refractivity contribution in [2.75, 3.05) is 0 Å². The van der Waals surface area contributed by atoms with Gasteiger partial charge in [0.1, 0.15) is 11.6 Å². The maximum atomic E-state index is 11.3. The Bertz CT molecular complexity index is 205. The summed E-state index contributed by atoms with van der Waals surface area (Å²) in [6.45, 7) is 8.30. The third-order valence-electron chi connectivity index (χ3n) is 1.18. The second-order valence-electron chi connectivity index (χ2n) is 3.96. The summed E-state index contributed by atoms with van der Waals surface area (Å²) in [5.41, 5.74) is -0.510. The highest BCUT2D eigenvalue weighted by atomic mass is 16.6. The molecule has 0 rings (SSSR count). The first kappa shape index (κ1) is 11.9. The zero-order chi connectivity index (χ0) is 10.6. The molecular formula is C9H17NO3. The maximum absolute atomic E-state index is 11.3. The van der Waals surface area contributed by atoms with Gasteiger partial charge in [-0.15, -0.1) is 0 Å². The minimum atomic E-state index is -0.586. The number of nitrogens with one attached hydrogen (secondary N) is 1. The summed E-state index contributed by atoms with van der Waals surface area (Å²) in [7, 11) is 0. The minimum absolute atomic E-state index is 0.238. The molecule has 0 bridgehead atoms. The Kier molecular flexibility index (Phi) is 3.91. The van der Waals surface area contributed by atoms with Crippen LogP contribution in [0.3, 0.4) is 0 Å². The van der Waals surface area contributed by atoms with E-state index >= 15 is 0 Å². The predicted molar refractivity (Wildman–Crippen MR) is 49.1 cm³/mol. The van der Waals surface area contributed by atoms with Crippen LogP contribution in [0.15, 0.2) is 0 Å². The van der Waals surface area contributed by atoms with Gasteiger partial charge in [-0.25, -0.2) is 4.79 Å². The lowest BCUT2D eigenvalue weighted by atomic mass is 10.2. The second-order valence-corrected chi connectivity index (χ2v) is 3.96. The Hall–Kier alpha value is -1.06. The average molecular weight is 187 g/mol. The molecule has 0 aromatic rings.